The molecule has 0 saturated heterocycles. The highest BCUT2D eigenvalue weighted by atomic mass is 16.5. The monoisotopic (exact) mass is 170 g/mol. The SMILES string of the molecule is COCC(C)N(C)C(C)CC#N. The first-order valence-electron chi connectivity index (χ1n) is 4.21. The summed E-state index contributed by atoms with van der Waals surface area (Å²) in [6.07, 6.45) is 0.574. The summed E-state index contributed by atoms with van der Waals surface area (Å²) in [5.41, 5.74) is 0. The summed E-state index contributed by atoms with van der Waals surface area (Å²) in [7, 11) is 3.71. The van der Waals surface area contributed by atoms with E-state index in [1.54, 1.807) is 7.11 Å². The van der Waals surface area contributed by atoms with Crippen LogP contribution in [0.4, 0.5) is 0 Å². The topological polar surface area (TPSA) is 36.3 Å². The van der Waals surface area contributed by atoms with Gasteiger partial charge in [-0.2, -0.15) is 5.26 Å². The molecular weight excluding hydrogens is 152 g/mol. The minimum absolute atomic E-state index is 0.306. The molecule has 0 aromatic heterocycles. The Hall–Kier alpha value is -0.590. The lowest BCUT2D eigenvalue weighted by Crippen LogP contribution is -2.39. The molecule has 0 amide bonds. The van der Waals surface area contributed by atoms with Gasteiger partial charge in [-0.05, 0) is 20.9 Å². The Bertz CT molecular complexity index is 153. The van der Waals surface area contributed by atoms with Crippen molar-refractivity contribution < 1.29 is 4.74 Å². The summed E-state index contributed by atoms with van der Waals surface area (Å²) >= 11 is 0. The zero-order chi connectivity index (χ0) is 9.56. The van der Waals surface area contributed by atoms with Crippen molar-refractivity contribution in [2.24, 2.45) is 0 Å². The van der Waals surface area contributed by atoms with Crippen LogP contribution in [0.5, 0.6) is 0 Å². The number of nitrogens with zero attached hydrogens (tertiary/aromatic N) is 2. The lowest BCUT2D eigenvalue weighted by molar-refractivity contribution is 0.0950. The Balaban J connectivity index is 3.83. The maximum absolute atomic E-state index is 8.49. The number of hydrogen-bond acceptors (Lipinski definition) is 3. The number of ether oxygens (including phenoxy) is 1. The standard InChI is InChI=1S/C9H18N2O/c1-8(5-6-10)11(3)9(2)7-12-4/h8-9H,5,7H2,1-4H3. The Labute approximate surface area is 74.9 Å². The molecule has 0 rings (SSSR count). The molecule has 0 fully saturated rings. The van der Waals surface area contributed by atoms with Crippen molar-refractivity contribution in [3.63, 3.8) is 0 Å². The number of likely N-dealkylation sites (N-methyl/N-ethyl adjacent to an activating group) is 1. The second-order valence-corrected chi connectivity index (χ2v) is 3.18. The molecule has 0 aromatic rings. The molecule has 3 nitrogen and oxygen atoms in total. The number of hydrogen-bond donors (Lipinski definition) is 0. The molecular formula is C9H18N2O. The first-order chi connectivity index (χ1) is 5.63. The molecule has 70 valence electrons. The van der Waals surface area contributed by atoms with Crippen LogP contribution in [0.2, 0.25) is 0 Å². The molecule has 0 heterocycles. The van der Waals surface area contributed by atoms with Crippen molar-refractivity contribution in [3.05, 3.63) is 0 Å². The van der Waals surface area contributed by atoms with Crippen LogP contribution in [-0.4, -0.2) is 37.7 Å². The van der Waals surface area contributed by atoms with Crippen LogP contribution in [0.3, 0.4) is 0 Å². The van der Waals surface area contributed by atoms with Crippen molar-refractivity contribution in [2.45, 2.75) is 32.4 Å². The number of methoxy groups -OCH3 is 1. The zero-order valence-electron chi connectivity index (χ0n) is 8.37. The summed E-state index contributed by atoms with van der Waals surface area (Å²) in [4.78, 5) is 2.16. The molecule has 0 bridgehead atoms. The highest BCUT2D eigenvalue weighted by molar-refractivity contribution is 4.80. The minimum Gasteiger partial charge on any atom is -0.383 e. The van der Waals surface area contributed by atoms with E-state index in [0.29, 0.717) is 25.1 Å². The molecule has 0 aromatic carbocycles. The fraction of sp³-hybridized carbons (Fsp3) is 0.889. The molecule has 0 radical (unpaired) electrons. The van der Waals surface area contributed by atoms with Crippen LogP contribution in [0.15, 0.2) is 0 Å². The quantitative estimate of drug-likeness (QED) is 0.623. The van der Waals surface area contributed by atoms with Crippen molar-refractivity contribution in [2.75, 3.05) is 20.8 Å². The molecule has 0 aliphatic carbocycles. The summed E-state index contributed by atoms with van der Waals surface area (Å²) in [5, 5.41) is 8.49. The van der Waals surface area contributed by atoms with E-state index >= 15 is 0 Å². The maximum atomic E-state index is 8.49. The number of rotatable bonds is 5. The lowest BCUT2D eigenvalue weighted by Gasteiger charge is -2.28. The molecule has 0 N–H and O–H groups in total. The van der Waals surface area contributed by atoms with Crippen molar-refractivity contribution in [1.82, 2.24) is 4.90 Å². The van der Waals surface area contributed by atoms with E-state index in [0.717, 1.165) is 0 Å². The maximum Gasteiger partial charge on any atom is 0.0638 e. The Kier molecular flexibility index (Phi) is 5.69. The molecule has 2 atom stereocenters. The van der Waals surface area contributed by atoms with E-state index in [2.05, 4.69) is 24.8 Å². The largest absolute Gasteiger partial charge is 0.383 e. The Morgan fingerprint density at radius 1 is 1.42 bits per heavy atom. The van der Waals surface area contributed by atoms with Crippen LogP contribution >= 0.6 is 0 Å². The summed E-state index contributed by atoms with van der Waals surface area (Å²) in [6.45, 7) is 4.86. The van der Waals surface area contributed by atoms with Crippen LogP contribution in [0.25, 0.3) is 0 Å². The van der Waals surface area contributed by atoms with Crippen LogP contribution < -0.4 is 0 Å². The fourth-order valence-corrected chi connectivity index (χ4v) is 1.07. The molecule has 2 unspecified atom stereocenters. The minimum atomic E-state index is 0.306. The smallest absolute Gasteiger partial charge is 0.0638 e. The summed E-state index contributed by atoms with van der Waals surface area (Å²) in [5.74, 6) is 0. The second kappa shape index (κ2) is 5.99. The van der Waals surface area contributed by atoms with Crippen LogP contribution in [0, 0.1) is 11.3 Å². The predicted octanol–water partition coefficient (Wildman–Crippen LogP) is 1.26. The van der Waals surface area contributed by atoms with Gasteiger partial charge in [0.2, 0.25) is 0 Å². The van der Waals surface area contributed by atoms with Gasteiger partial charge in [0.1, 0.15) is 0 Å². The van der Waals surface area contributed by atoms with E-state index in [-0.39, 0.29) is 0 Å². The van der Waals surface area contributed by atoms with Crippen molar-refractivity contribution >= 4 is 0 Å². The average Bonchev–Trinajstić information content (AvgIpc) is 2.04. The van der Waals surface area contributed by atoms with Crippen LogP contribution in [-0.2, 0) is 4.74 Å². The van der Waals surface area contributed by atoms with Gasteiger partial charge in [0.05, 0.1) is 19.1 Å². The number of nitriles is 1. The fourth-order valence-electron chi connectivity index (χ4n) is 1.07. The van der Waals surface area contributed by atoms with Gasteiger partial charge in [-0.25, -0.2) is 0 Å². The van der Waals surface area contributed by atoms with Crippen LogP contribution in [0.1, 0.15) is 20.3 Å². The average molecular weight is 170 g/mol. The van der Waals surface area contributed by atoms with Gasteiger partial charge < -0.3 is 4.74 Å². The summed E-state index contributed by atoms with van der Waals surface area (Å²) < 4.78 is 5.03. The third kappa shape index (κ3) is 3.70. The molecule has 12 heavy (non-hydrogen) atoms. The molecule has 0 aliphatic heterocycles. The highest BCUT2D eigenvalue weighted by Crippen LogP contribution is 2.05. The second-order valence-electron chi connectivity index (χ2n) is 3.18. The molecule has 3 heteroatoms. The highest BCUT2D eigenvalue weighted by Gasteiger charge is 2.14. The van der Waals surface area contributed by atoms with E-state index in [4.69, 9.17) is 10.00 Å². The first kappa shape index (κ1) is 11.4. The zero-order valence-corrected chi connectivity index (χ0v) is 8.37. The van der Waals surface area contributed by atoms with E-state index in [1.165, 1.54) is 0 Å². The Morgan fingerprint density at radius 3 is 2.42 bits per heavy atom. The van der Waals surface area contributed by atoms with E-state index in [1.807, 2.05) is 7.05 Å². The van der Waals surface area contributed by atoms with Gasteiger partial charge in [-0.15, -0.1) is 0 Å². The molecule has 0 spiro atoms. The third-order valence-electron chi connectivity index (χ3n) is 2.19. The van der Waals surface area contributed by atoms with Gasteiger partial charge in [0, 0.05) is 19.2 Å². The molecule has 0 aliphatic rings. The predicted molar refractivity (Wildman–Crippen MR) is 48.8 cm³/mol. The summed E-state index contributed by atoms with van der Waals surface area (Å²) in [6, 6.07) is 2.84. The van der Waals surface area contributed by atoms with Gasteiger partial charge >= 0.3 is 0 Å². The Morgan fingerprint density at radius 2 is 2.00 bits per heavy atom. The van der Waals surface area contributed by atoms with E-state index in [9.17, 15) is 0 Å². The normalized spacial score (nSPS) is 15.7. The van der Waals surface area contributed by atoms with Crippen molar-refractivity contribution in [1.29, 1.82) is 5.26 Å². The third-order valence-corrected chi connectivity index (χ3v) is 2.19. The van der Waals surface area contributed by atoms with Gasteiger partial charge in [-0.3, -0.25) is 4.90 Å². The lowest BCUT2D eigenvalue weighted by atomic mass is 10.2. The van der Waals surface area contributed by atoms with Crippen molar-refractivity contribution in [3.8, 4) is 6.07 Å². The van der Waals surface area contributed by atoms with Gasteiger partial charge in [0.25, 0.3) is 0 Å². The molecule has 0 saturated carbocycles. The van der Waals surface area contributed by atoms with E-state index < -0.39 is 0 Å². The van der Waals surface area contributed by atoms with Gasteiger partial charge in [0.15, 0.2) is 0 Å². The first-order valence-corrected chi connectivity index (χ1v) is 4.21. The van der Waals surface area contributed by atoms with Gasteiger partial charge in [-0.1, -0.05) is 0 Å².